The fraction of sp³-hybridized carbons (Fsp3) is 0.160. The van der Waals surface area contributed by atoms with Crippen LogP contribution in [0, 0.1) is 12.7 Å². The van der Waals surface area contributed by atoms with Gasteiger partial charge >= 0.3 is 0 Å². The number of benzene rings is 3. The van der Waals surface area contributed by atoms with Gasteiger partial charge in [-0.1, -0.05) is 30.3 Å². The van der Waals surface area contributed by atoms with E-state index in [4.69, 9.17) is 0 Å². The first-order chi connectivity index (χ1) is 14.6. The van der Waals surface area contributed by atoms with E-state index in [2.05, 4.69) is 22.0 Å². The van der Waals surface area contributed by atoms with Crippen LogP contribution >= 0.6 is 0 Å². The Morgan fingerprint density at radius 3 is 2.77 bits per heavy atom. The Balaban J connectivity index is 1.65. The fourth-order valence-electron chi connectivity index (χ4n) is 4.92. The van der Waals surface area contributed by atoms with Crippen molar-refractivity contribution >= 4 is 28.2 Å². The lowest BCUT2D eigenvalue weighted by Crippen LogP contribution is -2.50. The van der Waals surface area contributed by atoms with Gasteiger partial charge in [0.2, 0.25) is 0 Å². The molecular formula is C25H20FN3O. The van der Waals surface area contributed by atoms with Crippen LogP contribution in [0.1, 0.15) is 33.3 Å². The maximum Gasteiger partial charge on any atom is 0.257 e. The third kappa shape index (κ3) is 2.35. The molecule has 2 aliphatic rings. The van der Waals surface area contributed by atoms with E-state index >= 15 is 0 Å². The number of rotatable bonds is 1. The SMILES string of the molecule is Cc1ccc2c(c1)N(c1cccc(F)c1)C1c3[nH]c4ccccc4c3CCN1C2=O. The maximum absolute atomic E-state index is 14.2. The molecule has 4 aromatic rings. The zero-order valence-electron chi connectivity index (χ0n) is 16.5. The van der Waals surface area contributed by atoms with Crippen LogP contribution in [0.15, 0.2) is 66.7 Å². The minimum atomic E-state index is -0.343. The molecule has 6 rings (SSSR count). The molecule has 0 spiro atoms. The largest absolute Gasteiger partial charge is 0.355 e. The highest BCUT2D eigenvalue weighted by atomic mass is 19.1. The van der Waals surface area contributed by atoms with Crippen molar-refractivity contribution in [2.24, 2.45) is 0 Å². The van der Waals surface area contributed by atoms with Crippen LogP contribution in [-0.2, 0) is 6.42 Å². The summed E-state index contributed by atoms with van der Waals surface area (Å²) < 4.78 is 14.2. The molecule has 4 nitrogen and oxygen atoms in total. The molecule has 1 N–H and O–H groups in total. The van der Waals surface area contributed by atoms with Crippen LogP contribution < -0.4 is 4.90 Å². The fourth-order valence-corrected chi connectivity index (χ4v) is 4.92. The van der Waals surface area contributed by atoms with Crippen LogP contribution in [0.5, 0.6) is 0 Å². The van der Waals surface area contributed by atoms with Gasteiger partial charge in [-0.3, -0.25) is 4.79 Å². The summed E-state index contributed by atoms with van der Waals surface area (Å²) in [6.45, 7) is 2.63. The summed E-state index contributed by atoms with van der Waals surface area (Å²) >= 11 is 0. The van der Waals surface area contributed by atoms with Crippen molar-refractivity contribution in [2.75, 3.05) is 11.4 Å². The van der Waals surface area contributed by atoms with Crippen LogP contribution in [0.4, 0.5) is 15.8 Å². The lowest BCUT2D eigenvalue weighted by Gasteiger charge is -2.47. The lowest BCUT2D eigenvalue weighted by molar-refractivity contribution is 0.0642. The van der Waals surface area contributed by atoms with Gasteiger partial charge in [0, 0.05) is 23.1 Å². The standard InChI is InChI=1S/C25H20FN3O/c1-15-9-10-20-22(13-15)29(17-6-4-5-16(26)14-17)24-23-19(11-12-28(24)25(20)30)18-7-2-3-8-21(18)27-23/h2-10,13-14,24,27H,11-12H2,1H3. The third-order valence-corrected chi connectivity index (χ3v) is 6.24. The number of aromatic nitrogens is 1. The van der Waals surface area contributed by atoms with Gasteiger partial charge in [-0.05, 0) is 60.9 Å². The maximum atomic E-state index is 14.2. The molecule has 0 radical (unpaired) electrons. The number of para-hydroxylation sites is 1. The molecule has 0 saturated heterocycles. The quantitative estimate of drug-likeness (QED) is 0.463. The van der Waals surface area contributed by atoms with Gasteiger partial charge in [-0.25, -0.2) is 4.39 Å². The van der Waals surface area contributed by atoms with Crippen LogP contribution in [0.3, 0.4) is 0 Å². The minimum absolute atomic E-state index is 0.0203. The predicted octanol–water partition coefficient (Wildman–Crippen LogP) is 5.46. The molecule has 148 valence electrons. The first-order valence-corrected chi connectivity index (χ1v) is 10.2. The Morgan fingerprint density at radius 2 is 1.90 bits per heavy atom. The zero-order chi connectivity index (χ0) is 20.4. The molecule has 5 heteroatoms. The summed E-state index contributed by atoms with van der Waals surface area (Å²) in [7, 11) is 0. The average Bonchev–Trinajstić information content (AvgIpc) is 3.13. The van der Waals surface area contributed by atoms with E-state index < -0.39 is 0 Å². The number of hydrogen-bond acceptors (Lipinski definition) is 2. The third-order valence-electron chi connectivity index (χ3n) is 6.24. The molecule has 1 unspecified atom stereocenters. The zero-order valence-corrected chi connectivity index (χ0v) is 16.5. The summed E-state index contributed by atoms with van der Waals surface area (Å²) in [5.41, 5.74) is 6.56. The highest BCUT2D eigenvalue weighted by Gasteiger charge is 2.43. The number of carbonyl (C=O) groups excluding carboxylic acids is 1. The number of aromatic amines is 1. The van der Waals surface area contributed by atoms with Crippen LogP contribution in [-0.4, -0.2) is 22.3 Å². The van der Waals surface area contributed by atoms with Gasteiger partial charge in [0.25, 0.3) is 5.91 Å². The van der Waals surface area contributed by atoms with Gasteiger partial charge in [0.05, 0.1) is 16.9 Å². The number of carbonyl (C=O) groups is 1. The number of amides is 1. The molecule has 1 aromatic heterocycles. The molecule has 30 heavy (non-hydrogen) atoms. The Labute approximate surface area is 173 Å². The summed E-state index contributed by atoms with van der Waals surface area (Å²) in [4.78, 5) is 21.0. The first kappa shape index (κ1) is 17.3. The van der Waals surface area contributed by atoms with Crippen molar-refractivity contribution < 1.29 is 9.18 Å². The number of fused-ring (bicyclic) bond motifs is 6. The second-order valence-corrected chi connectivity index (χ2v) is 8.06. The van der Waals surface area contributed by atoms with E-state index in [1.54, 1.807) is 6.07 Å². The summed E-state index contributed by atoms with van der Waals surface area (Å²) in [5.74, 6) is -0.273. The summed E-state index contributed by atoms with van der Waals surface area (Å²) in [5, 5.41) is 1.19. The number of aryl methyl sites for hydroxylation is 1. The molecule has 3 aromatic carbocycles. The van der Waals surface area contributed by atoms with Crippen LogP contribution in [0.25, 0.3) is 10.9 Å². The average molecular weight is 397 g/mol. The molecule has 0 bridgehead atoms. The second-order valence-electron chi connectivity index (χ2n) is 8.06. The molecular weight excluding hydrogens is 377 g/mol. The lowest BCUT2D eigenvalue weighted by atomic mass is 9.94. The molecule has 2 aliphatic heterocycles. The van der Waals surface area contributed by atoms with Gasteiger partial charge in [0.1, 0.15) is 5.82 Å². The number of H-pyrrole nitrogens is 1. The smallest absolute Gasteiger partial charge is 0.257 e. The Bertz CT molecular complexity index is 1330. The van der Waals surface area contributed by atoms with Gasteiger partial charge in [-0.2, -0.15) is 0 Å². The summed E-state index contributed by atoms with van der Waals surface area (Å²) in [6.07, 6.45) is 0.449. The number of anilines is 2. The van der Waals surface area contributed by atoms with E-state index in [1.807, 2.05) is 48.2 Å². The van der Waals surface area contributed by atoms with Crippen LogP contribution in [0.2, 0.25) is 0 Å². The van der Waals surface area contributed by atoms with Crippen molar-refractivity contribution in [3.63, 3.8) is 0 Å². The van der Waals surface area contributed by atoms with Crippen molar-refractivity contribution in [3.05, 3.63) is 94.9 Å². The Morgan fingerprint density at radius 1 is 1.03 bits per heavy atom. The Kier molecular flexibility index (Phi) is 3.57. The van der Waals surface area contributed by atoms with E-state index in [0.717, 1.165) is 34.6 Å². The number of halogens is 1. The van der Waals surface area contributed by atoms with E-state index in [9.17, 15) is 9.18 Å². The molecule has 0 saturated carbocycles. The van der Waals surface area contributed by atoms with Crippen molar-refractivity contribution in [3.8, 4) is 0 Å². The van der Waals surface area contributed by atoms with E-state index in [1.165, 1.54) is 23.1 Å². The topological polar surface area (TPSA) is 39.3 Å². The number of nitrogens with one attached hydrogen (secondary N) is 1. The molecule has 1 atom stereocenters. The minimum Gasteiger partial charge on any atom is -0.355 e. The first-order valence-electron chi connectivity index (χ1n) is 10.2. The molecule has 1 amide bonds. The van der Waals surface area contributed by atoms with Gasteiger partial charge in [-0.15, -0.1) is 0 Å². The van der Waals surface area contributed by atoms with E-state index in [-0.39, 0.29) is 17.9 Å². The monoisotopic (exact) mass is 397 g/mol. The Hall–Kier alpha value is -3.60. The number of hydrogen-bond donors (Lipinski definition) is 1. The molecule has 0 fully saturated rings. The normalized spacial score (nSPS) is 17.7. The van der Waals surface area contributed by atoms with Crippen molar-refractivity contribution in [2.45, 2.75) is 19.5 Å². The van der Waals surface area contributed by atoms with Gasteiger partial charge < -0.3 is 14.8 Å². The summed E-state index contributed by atoms with van der Waals surface area (Å²) in [6, 6.07) is 20.7. The second kappa shape index (κ2) is 6.20. The number of nitrogens with zero attached hydrogens (tertiary/aromatic N) is 2. The van der Waals surface area contributed by atoms with Crippen molar-refractivity contribution in [1.82, 2.24) is 9.88 Å². The highest BCUT2D eigenvalue weighted by Crippen LogP contribution is 2.47. The predicted molar refractivity (Wildman–Crippen MR) is 115 cm³/mol. The molecule has 0 aliphatic carbocycles. The van der Waals surface area contributed by atoms with E-state index in [0.29, 0.717) is 12.1 Å². The van der Waals surface area contributed by atoms with Crippen molar-refractivity contribution in [1.29, 1.82) is 0 Å². The highest BCUT2D eigenvalue weighted by molar-refractivity contribution is 6.04. The van der Waals surface area contributed by atoms with Gasteiger partial charge in [0.15, 0.2) is 6.17 Å². The molecule has 3 heterocycles.